The van der Waals surface area contributed by atoms with E-state index in [1.54, 1.807) is 12.2 Å². The predicted octanol–water partition coefficient (Wildman–Crippen LogP) is 5.62. The lowest BCUT2D eigenvalue weighted by Gasteiger charge is -2.43. The van der Waals surface area contributed by atoms with Crippen LogP contribution in [0.3, 0.4) is 0 Å². The molecule has 2 unspecified atom stereocenters. The first-order chi connectivity index (χ1) is 14.3. The Morgan fingerprint density at radius 1 is 0.935 bits per heavy atom. The Morgan fingerprint density at radius 2 is 1.55 bits per heavy atom. The maximum atomic E-state index is 13.4. The van der Waals surface area contributed by atoms with Crippen molar-refractivity contribution in [2.24, 2.45) is 0 Å². The molecule has 0 aromatic heterocycles. The molecule has 1 aromatic carbocycles. The quantitative estimate of drug-likeness (QED) is 0.373. The van der Waals surface area contributed by atoms with Gasteiger partial charge in [-0.1, -0.05) is 34.9 Å². The predicted molar refractivity (Wildman–Crippen MR) is 123 cm³/mol. The smallest absolute Gasteiger partial charge is 0.197 e. The lowest BCUT2D eigenvalue weighted by Crippen LogP contribution is -2.63. The van der Waals surface area contributed by atoms with Gasteiger partial charge >= 0.3 is 0 Å². The van der Waals surface area contributed by atoms with Crippen LogP contribution in [0.5, 0.6) is 11.5 Å². The van der Waals surface area contributed by atoms with Gasteiger partial charge in [0.15, 0.2) is 17.2 Å². The number of aromatic hydroxyl groups is 2. The number of ketones is 2. The molecule has 5 nitrogen and oxygen atoms in total. The summed E-state index contributed by atoms with van der Waals surface area (Å²) in [7, 11) is 0. The average molecular weight is 447 g/mol. The minimum absolute atomic E-state index is 0.0810. The van der Waals surface area contributed by atoms with E-state index in [2.05, 4.69) is 6.08 Å². The van der Waals surface area contributed by atoms with Crippen LogP contribution in [0.25, 0.3) is 0 Å². The number of benzene rings is 1. The molecule has 0 saturated heterocycles. The van der Waals surface area contributed by atoms with Crippen molar-refractivity contribution in [2.75, 3.05) is 0 Å². The third-order valence-electron chi connectivity index (χ3n) is 5.59. The summed E-state index contributed by atoms with van der Waals surface area (Å²) < 4.78 is 0. The van der Waals surface area contributed by atoms with Crippen LogP contribution in [0.4, 0.5) is 0 Å². The Bertz CT molecular complexity index is 980. The minimum Gasteiger partial charge on any atom is -0.508 e. The molecule has 31 heavy (non-hydrogen) atoms. The Balaban J connectivity index is 2.57. The summed E-state index contributed by atoms with van der Waals surface area (Å²) in [6.45, 7) is 9.58. The van der Waals surface area contributed by atoms with Crippen molar-refractivity contribution in [1.29, 1.82) is 0 Å². The summed E-state index contributed by atoms with van der Waals surface area (Å²) in [4.78, 5) is 24.8. The number of rotatable bonds is 7. The van der Waals surface area contributed by atoms with Crippen LogP contribution >= 0.6 is 11.6 Å². The monoisotopic (exact) mass is 446 g/mol. The van der Waals surface area contributed by atoms with Crippen molar-refractivity contribution >= 4 is 23.2 Å². The summed E-state index contributed by atoms with van der Waals surface area (Å²) >= 11 is 6.76. The molecule has 0 radical (unpaired) electrons. The molecular weight excluding hydrogens is 416 g/mol. The van der Waals surface area contributed by atoms with E-state index in [1.807, 2.05) is 34.6 Å². The van der Waals surface area contributed by atoms with Gasteiger partial charge in [-0.05, 0) is 59.9 Å². The van der Waals surface area contributed by atoms with Crippen LogP contribution < -0.4 is 0 Å². The fourth-order valence-corrected chi connectivity index (χ4v) is 4.03. The van der Waals surface area contributed by atoms with E-state index in [1.165, 1.54) is 5.57 Å². The maximum absolute atomic E-state index is 13.4. The Hall–Kier alpha value is -2.37. The summed E-state index contributed by atoms with van der Waals surface area (Å²) in [5.41, 5.74) is 0.302. The summed E-state index contributed by atoms with van der Waals surface area (Å²) in [6, 6.07) is 2.07. The number of aliphatic hydroxyl groups is 1. The highest BCUT2D eigenvalue weighted by molar-refractivity contribution is 6.44. The van der Waals surface area contributed by atoms with Crippen molar-refractivity contribution in [1.82, 2.24) is 0 Å². The zero-order valence-electron chi connectivity index (χ0n) is 18.8. The lowest BCUT2D eigenvalue weighted by atomic mass is 9.66. The number of halogens is 1. The molecule has 3 N–H and O–H groups in total. The average Bonchev–Trinajstić information content (AvgIpc) is 2.67. The molecule has 1 aliphatic carbocycles. The van der Waals surface area contributed by atoms with E-state index in [-0.39, 0.29) is 29.7 Å². The second kappa shape index (κ2) is 9.41. The number of carbonyl (C=O) groups excluding carboxylic acids is 2. The highest BCUT2D eigenvalue weighted by Crippen LogP contribution is 2.48. The molecular formula is C25H31ClO5. The van der Waals surface area contributed by atoms with E-state index in [0.29, 0.717) is 0 Å². The molecule has 2 atom stereocenters. The SMILES string of the molecule is CC(C)=CCCC(C)=CCC1(O)C(=O)c2cc(O)cc(O)c2C(=O)C1(Cl)CC=C(C)C. The molecule has 0 saturated carbocycles. The molecule has 0 spiro atoms. The van der Waals surface area contributed by atoms with Gasteiger partial charge in [0, 0.05) is 18.1 Å². The highest BCUT2D eigenvalue weighted by Gasteiger charge is 2.62. The van der Waals surface area contributed by atoms with Crippen molar-refractivity contribution in [3.63, 3.8) is 0 Å². The number of phenolic OH excluding ortho intramolecular Hbond substituents is 2. The van der Waals surface area contributed by atoms with Crippen LogP contribution in [0.2, 0.25) is 0 Å². The van der Waals surface area contributed by atoms with Gasteiger partial charge in [0.25, 0.3) is 0 Å². The van der Waals surface area contributed by atoms with Crippen molar-refractivity contribution in [2.45, 2.75) is 70.8 Å². The van der Waals surface area contributed by atoms with Crippen LogP contribution in [-0.2, 0) is 0 Å². The van der Waals surface area contributed by atoms with E-state index in [4.69, 9.17) is 11.6 Å². The van der Waals surface area contributed by atoms with Crippen LogP contribution in [0, 0.1) is 0 Å². The number of Topliss-reactive ketones (excluding diaryl/α,β-unsaturated/α-hetero) is 2. The van der Waals surface area contributed by atoms with Gasteiger partial charge in [0.1, 0.15) is 16.4 Å². The Labute approximate surface area is 188 Å². The van der Waals surface area contributed by atoms with E-state index in [0.717, 1.165) is 36.1 Å². The number of fused-ring (bicyclic) bond motifs is 1. The van der Waals surface area contributed by atoms with E-state index < -0.39 is 27.8 Å². The van der Waals surface area contributed by atoms with Gasteiger partial charge in [-0.15, -0.1) is 11.6 Å². The number of hydrogen-bond donors (Lipinski definition) is 3. The number of alkyl halides is 1. The van der Waals surface area contributed by atoms with Gasteiger partial charge in [-0.3, -0.25) is 9.59 Å². The molecule has 6 heteroatoms. The number of hydrogen-bond acceptors (Lipinski definition) is 5. The Morgan fingerprint density at radius 3 is 2.13 bits per heavy atom. The van der Waals surface area contributed by atoms with Gasteiger partial charge in [-0.2, -0.15) is 0 Å². The molecule has 0 fully saturated rings. The molecule has 1 aromatic rings. The topological polar surface area (TPSA) is 94.8 Å². The minimum atomic E-state index is -2.23. The van der Waals surface area contributed by atoms with Crippen LogP contribution in [0.15, 0.2) is 47.1 Å². The third-order valence-corrected chi connectivity index (χ3v) is 6.23. The number of phenols is 2. The van der Waals surface area contributed by atoms with Gasteiger partial charge in [0.2, 0.25) is 0 Å². The second-order valence-corrected chi connectivity index (χ2v) is 9.41. The largest absolute Gasteiger partial charge is 0.508 e. The van der Waals surface area contributed by atoms with Crippen molar-refractivity contribution in [3.05, 3.63) is 58.2 Å². The van der Waals surface area contributed by atoms with Gasteiger partial charge in [-0.25, -0.2) is 0 Å². The molecule has 2 rings (SSSR count). The fourth-order valence-electron chi connectivity index (χ4n) is 3.69. The van der Waals surface area contributed by atoms with Gasteiger partial charge in [0.05, 0.1) is 5.56 Å². The standard InChI is InChI=1S/C25H31ClO5/c1-15(2)7-6-8-17(5)10-12-25(31)22(29)19-13-18(27)14-20(28)21(19)23(30)24(25,26)11-9-16(3)4/h7,9-10,13-14,27-28,31H,6,8,11-12H2,1-5H3. The number of carbonyl (C=O) groups is 2. The van der Waals surface area contributed by atoms with Crippen LogP contribution in [-0.4, -0.2) is 37.4 Å². The van der Waals surface area contributed by atoms with Gasteiger partial charge < -0.3 is 15.3 Å². The molecule has 168 valence electrons. The third kappa shape index (κ3) is 4.94. The first-order valence-electron chi connectivity index (χ1n) is 10.3. The van der Waals surface area contributed by atoms with E-state index in [9.17, 15) is 24.9 Å². The Kier molecular flexibility index (Phi) is 7.56. The zero-order valence-corrected chi connectivity index (χ0v) is 19.5. The highest BCUT2D eigenvalue weighted by atomic mass is 35.5. The van der Waals surface area contributed by atoms with Crippen molar-refractivity contribution < 1.29 is 24.9 Å². The molecule has 0 bridgehead atoms. The zero-order chi connectivity index (χ0) is 23.6. The molecule has 1 aliphatic rings. The number of allylic oxidation sites excluding steroid dienone is 5. The first kappa shape index (κ1) is 24.9. The second-order valence-electron chi connectivity index (χ2n) is 8.77. The summed E-state index contributed by atoms with van der Waals surface area (Å²) in [5, 5.41) is 31.7. The molecule has 0 heterocycles. The lowest BCUT2D eigenvalue weighted by molar-refractivity contribution is 0.00726. The summed E-state index contributed by atoms with van der Waals surface area (Å²) in [5.74, 6) is -2.44. The summed E-state index contributed by atoms with van der Waals surface area (Å²) in [6.07, 6.45) is 6.85. The molecule has 0 aliphatic heterocycles. The maximum Gasteiger partial charge on any atom is 0.197 e. The van der Waals surface area contributed by atoms with Crippen LogP contribution in [0.1, 0.15) is 81.0 Å². The van der Waals surface area contributed by atoms with Crippen molar-refractivity contribution in [3.8, 4) is 11.5 Å². The normalized spacial score (nSPS) is 23.4. The molecule has 0 amide bonds. The fraction of sp³-hybridized carbons (Fsp3) is 0.440. The van der Waals surface area contributed by atoms with E-state index >= 15 is 0 Å². The first-order valence-corrected chi connectivity index (χ1v) is 10.7.